The maximum absolute atomic E-state index is 12.8. The quantitative estimate of drug-likeness (QED) is 0.443. The monoisotopic (exact) mass is 443 g/mol. The average molecular weight is 444 g/mol. The number of aryl methyl sites for hydroxylation is 2. The minimum absolute atomic E-state index is 0.357. The number of esters is 1. The number of nitrogens with zero attached hydrogens (tertiary/aromatic N) is 4. The van der Waals surface area contributed by atoms with Crippen LogP contribution in [-0.4, -0.2) is 37.8 Å². The van der Waals surface area contributed by atoms with E-state index in [9.17, 15) is 9.59 Å². The second-order valence-electron chi connectivity index (χ2n) is 7.68. The molecule has 0 saturated carbocycles. The molecule has 4 aromatic rings. The second kappa shape index (κ2) is 9.52. The summed E-state index contributed by atoms with van der Waals surface area (Å²) in [6, 6.07) is 18.6. The topological polar surface area (TPSA) is 91.0 Å². The van der Waals surface area contributed by atoms with Crippen molar-refractivity contribution >= 4 is 11.9 Å². The van der Waals surface area contributed by atoms with Gasteiger partial charge in [0.2, 0.25) is 0 Å². The summed E-state index contributed by atoms with van der Waals surface area (Å²) in [7, 11) is 1.86. The van der Waals surface area contributed by atoms with Gasteiger partial charge in [-0.1, -0.05) is 48.5 Å². The number of para-hydroxylation sites is 1. The van der Waals surface area contributed by atoms with Crippen molar-refractivity contribution in [3.63, 3.8) is 0 Å². The minimum atomic E-state index is -0.587. The molecule has 0 saturated heterocycles. The Kier molecular flexibility index (Phi) is 6.35. The fourth-order valence-corrected chi connectivity index (χ4v) is 3.76. The third-order valence-electron chi connectivity index (χ3n) is 5.39. The normalized spacial score (nSPS) is 11.7. The van der Waals surface area contributed by atoms with E-state index in [1.807, 2.05) is 78.5 Å². The van der Waals surface area contributed by atoms with Crippen LogP contribution >= 0.6 is 0 Å². The van der Waals surface area contributed by atoms with Crippen LogP contribution in [0.3, 0.4) is 0 Å². The molecular weight excluding hydrogens is 418 g/mol. The Morgan fingerprint density at radius 3 is 2.33 bits per heavy atom. The van der Waals surface area contributed by atoms with Gasteiger partial charge in [-0.2, -0.15) is 5.10 Å². The highest BCUT2D eigenvalue weighted by Gasteiger charge is 2.24. The molecule has 0 aliphatic carbocycles. The van der Waals surface area contributed by atoms with Gasteiger partial charge in [0.05, 0.1) is 17.1 Å². The molecule has 33 heavy (non-hydrogen) atoms. The van der Waals surface area contributed by atoms with E-state index < -0.39 is 24.5 Å². The molecule has 0 bridgehead atoms. The molecule has 0 aliphatic rings. The third kappa shape index (κ3) is 4.69. The molecule has 4 rings (SSSR count). The van der Waals surface area contributed by atoms with Gasteiger partial charge in [-0.3, -0.25) is 4.79 Å². The van der Waals surface area contributed by atoms with Crippen LogP contribution in [0.2, 0.25) is 0 Å². The van der Waals surface area contributed by atoms with Gasteiger partial charge in [-0.25, -0.2) is 14.5 Å². The first-order valence-corrected chi connectivity index (χ1v) is 10.6. The van der Waals surface area contributed by atoms with E-state index in [-0.39, 0.29) is 0 Å². The Morgan fingerprint density at radius 1 is 1.03 bits per heavy atom. The van der Waals surface area contributed by atoms with Crippen molar-refractivity contribution in [2.75, 3.05) is 6.61 Å². The average Bonchev–Trinajstić information content (AvgIpc) is 3.39. The number of imidazole rings is 1. The molecule has 8 nitrogen and oxygen atoms in total. The fourth-order valence-electron chi connectivity index (χ4n) is 3.76. The van der Waals surface area contributed by atoms with Gasteiger partial charge >= 0.3 is 5.97 Å². The molecule has 0 radical (unpaired) electrons. The number of aromatic nitrogens is 4. The zero-order chi connectivity index (χ0) is 23.4. The predicted octanol–water partition coefficient (Wildman–Crippen LogP) is 3.29. The van der Waals surface area contributed by atoms with Crippen LogP contribution in [-0.2, 0) is 16.6 Å². The van der Waals surface area contributed by atoms with Crippen LogP contribution in [0.4, 0.5) is 0 Å². The van der Waals surface area contributed by atoms with Gasteiger partial charge in [0, 0.05) is 19.4 Å². The van der Waals surface area contributed by atoms with Crippen LogP contribution in [0.5, 0.6) is 0 Å². The van der Waals surface area contributed by atoms with E-state index in [1.54, 1.807) is 24.7 Å². The van der Waals surface area contributed by atoms with Gasteiger partial charge in [0.1, 0.15) is 17.4 Å². The van der Waals surface area contributed by atoms with E-state index >= 15 is 0 Å². The van der Waals surface area contributed by atoms with E-state index in [1.165, 1.54) is 0 Å². The number of rotatable bonds is 7. The van der Waals surface area contributed by atoms with Crippen molar-refractivity contribution in [3.05, 3.63) is 101 Å². The number of carbonyl (C=O) groups is 2. The van der Waals surface area contributed by atoms with Crippen LogP contribution in [0.25, 0.3) is 5.69 Å². The summed E-state index contributed by atoms with van der Waals surface area (Å²) in [5, 5.41) is 7.39. The van der Waals surface area contributed by atoms with Gasteiger partial charge in [0.15, 0.2) is 6.61 Å². The highest BCUT2D eigenvalue weighted by molar-refractivity contribution is 5.93. The number of carbonyl (C=O) groups excluding carboxylic acids is 2. The SMILES string of the molecule is Cc1nn(-c2ccccc2)c(C)c1C(=O)OCC(=O)NC(c1ccccc1)c1nccn1C. The second-order valence-corrected chi connectivity index (χ2v) is 7.68. The number of benzene rings is 2. The highest BCUT2D eigenvalue weighted by atomic mass is 16.5. The number of amides is 1. The highest BCUT2D eigenvalue weighted by Crippen LogP contribution is 2.21. The summed E-state index contributed by atoms with van der Waals surface area (Å²) in [5.41, 5.74) is 3.27. The van der Waals surface area contributed by atoms with Crippen LogP contribution in [0, 0.1) is 13.8 Å². The summed E-state index contributed by atoms with van der Waals surface area (Å²) in [5.74, 6) is -0.335. The Labute approximate surface area is 191 Å². The maximum atomic E-state index is 12.8. The fraction of sp³-hybridized carbons (Fsp3) is 0.200. The Hall–Kier alpha value is -4.20. The van der Waals surface area contributed by atoms with E-state index in [0.29, 0.717) is 22.8 Å². The zero-order valence-electron chi connectivity index (χ0n) is 18.7. The van der Waals surface area contributed by atoms with Crippen molar-refractivity contribution in [1.82, 2.24) is 24.6 Å². The third-order valence-corrected chi connectivity index (χ3v) is 5.39. The van der Waals surface area contributed by atoms with Crippen molar-refractivity contribution in [1.29, 1.82) is 0 Å². The molecule has 2 heterocycles. The molecule has 2 aromatic carbocycles. The summed E-state index contributed by atoms with van der Waals surface area (Å²) >= 11 is 0. The first kappa shape index (κ1) is 22.0. The lowest BCUT2D eigenvalue weighted by Gasteiger charge is -2.19. The number of ether oxygens (including phenoxy) is 1. The summed E-state index contributed by atoms with van der Waals surface area (Å²) < 4.78 is 8.89. The first-order chi connectivity index (χ1) is 16.0. The van der Waals surface area contributed by atoms with Crippen LogP contribution in [0.1, 0.15) is 39.2 Å². The molecule has 8 heteroatoms. The molecule has 0 spiro atoms. The number of hydrogen-bond acceptors (Lipinski definition) is 5. The lowest BCUT2D eigenvalue weighted by molar-refractivity contribution is -0.124. The molecule has 168 valence electrons. The number of nitrogens with one attached hydrogen (secondary N) is 1. The van der Waals surface area contributed by atoms with E-state index in [2.05, 4.69) is 15.4 Å². The zero-order valence-corrected chi connectivity index (χ0v) is 18.7. The molecule has 0 aliphatic heterocycles. The van der Waals surface area contributed by atoms with Crippen LogP contribution in [0.15, 0.2) is 73.1 Å². The largest absolute Gasteiger partial charge is 0.452 e. The van der Waals surface area contributed by atoms with E-state index in [0.717, 1.165) is 11.3 Å². The van der Waals surface area contributed by atoms with Gasteiger partial charge in [-0.15, -0.1) is 0 Å². The molecule has 1 amide bonds. The molecule has 1 N–H and O–H groups in total. The summed E-state index contributed by atoms with van der Waals surface area (Å²) in [6.45, 7) is 3.13. The Balaban J connectivity index is 1.47. The van der Waals surface area contributed by atoms with Gasteiger partial charge in [0.25, 0.3) is 5.91 Å². The summed E-state index contributed by atoms with van der Waals surface area (Å²) in [6.07, 6.45) is 3.49. The predicted molar refractivity (Wildman–Crippen MR) is 123 cm³/mol. The van der Waals surface area contributed by atoms with E-state index in [4.69, 9.17) is 4.74 Å². The minimum Gasteiger partial charge on any atom is -0.452 e. The number of hydrogen-bond donors (Lipinski definition) is 1. The smallest absolute Gasteiger partial charge is 0.342 e. The molecule has 2 aromatic heterocycles. The lowest BCUT2D eigenvalue weighted by atomic mass is 10.1. The Bertz CT molecular complexity index is 1260. The standard InChI is InChI=1S/C25H25N5O3/c1-17-22(18(2)30(28-17)20-12-8-5-9-13-20)25(32)33-16-21(31)27-23(19-10-6-4-7-11-19)24-26-14-15-29(24)3/h4-15,23H,16H2,1-3H3,(H,27,31). The van der Waals surface area contributed by atoms with Crippen molar-refractivity contribution in [3.8, 4) is 5.69 Å². The molecule has 1 unspecified atom stereocenters. The Morgan fingerprint density at radius 2 is 1.70 bits per heavy atom. The van der Waals surface area contributed by atoms with Crippen molar-refractivity contribution in [2.45, 2.75) is 19.9 Å². The maximum Gasteiger partial charge on any atom is 0.342 e. The molecule has 1 atom stereocenters. The van der Waals surface area contributed by atoms with Crippen molar-refractivity contribution < 1.29 is 14.3 Å². The first-order valence-electron chi connectivity index (χ1n) is 10.6. The lowest BCUT2D eigenvalue weighted by Crippen LogP contribution is -2.34. The summed E-state index contributed by atoms with van der Waals surface area (Å²) in [4.78, 5) is 29.9. The van der Waals surface area contributed by atoms with Crippen molar-refractivity contribution in [2.24, 2.45) is 7.05 Å². The molecule has 0 fully saturated rings. The van der Waals surface area contributed by atoms with Gasteiger partial charge in [-0.05, 0) is 31.5 Å². The molecular formula is C25H25N5O3. The van der Waals surface area contributed by atoms with Crippen LogP contribution < -0.4 is 5.32 Å². The van der Waals surface area contributed by atoms with Gasteiger partial charge < -0.3 is 14.6 Å².